The SMILES string of the molecule is COC(=O)c1cc([N+](=O)[O-])ccc1N(C)CCOc1ccccc1. The van der Waals surface area contributed by atoms with Crippen LogP contribution in [0.1, 0.15) is 10.4 Å². The summed E-state index contributed by atoms with van der Waals surface area (Å²) in [7, 11) is 3.02. The number of nitrogens with zero attached hydrogens (tertiary/aromatic N) is 2. The van der Waals surface area contributed by atoms with Crippen LogP contribution in [-0.4, -0.2) is 38.2 Å². The fraction of sp³-hybridized carbons (Fsp3) is 0.235. The molecule has 24 heavy (non-hydrogen) atoms. The summed E-state index contributed by atoms with van der Waals surface area (Å²) in [5, 5.41) is 10.9. The molecule has 0 fully saturated rings. The van der Waals surface area contributed by atoms with E-state index in [1.165, 1.54) is 25.3 Å². The molecule has 0 aliphatic rings. The van der Waals surface area contributed by atoms with E-state index in [9.17, 15) is 14.9 Å². The first-order chi connectivity index (χ1) is 11.5. The fourth-order valence-corrected chi connectivity index (χ4v) is 2.18. The second-order valence-corrected chi connectivity index (χ2v) is 5.03. The maximum Gasteiger partial charge on any atom is 0.340 e. The molecular formula is C17H18N2O5. The molecule has 2 aromatic carbocycles. The summed E-state index contributed by atoms with van der Waals surface area (Å²) < 4.78 is 10.3. The Morgan fingerprint density at radius 1 is 1.21 bits per heavy atom. The van der Waals surface area contributed by atoms with Crippen molar-refractivity contribution >= 4 is 17.3 Å². The van der Waals surface area contributed by atoms with Crippen molar-refractivity contribution in [2.24, 2.45) is 0 Å². The third kappa shape index (κ3) is 4.22. The summed E-state index contributed by atoms with van der Waals surface area (Å²) in [5.41, 5.74) is 0.533. The molecule has 0 radical (unpaired) electrons. The minimum absolute atomic E-state index is 0.147. The zero-order valence-corrected chi connectivity index (χ0v) is 13.5. The molecule has 0 unspecified atom stereocenters. The summed E-state index contributed by atoms with van der Waals surface area (Å²) in [4.78, 5) is 24.0. The number of esters is 1. The van der Waals surface area contributed by atoms with Crippen molar-refractivity contribution in [3.8, 4) is 5.75 Å². The van der Waals surface area contributed by atoms with E-state index >= 15 is 0 Å². The second kappa shape index (κ2) is 7.96. The Balaban J connectivity index is 2.11. The number of methoxy groups -OCH3 is 1. The Labute approximate surface area is 139 Å². The van der Waals surface area contributed by atoms with Gasteiger partial charge in [-0.25, -0.2) is 4.79 Å². The molecule has 7 nitrogen and oxygen atoms in total. The highest BCUT2D eigenvalue weighted by Crippen LogP contribution is 2.25. The minimum atomic E-state index is -0.621. The molecule has 0 bridgehead atoms. The Hall–Kier alpha value is -3.09. The lowest BCUT2D eigenvalue weighted by Crippen LogP contribution is -2.25. The number of carbonyl (C=O) groups excluding carboxylic acids is 1. The van der Waals surface area contributed by atoms with Gasteiger partial charge in [-0.1, -0.05) is 18.2 Å². The number of hydrogen-bond acceptors (Lipinski definition) is 6. The van der Waals surface area contributed by atoms with Crippen molar-refractivity contribution < 1.29 is 19.2 Å². The summed E-state index contributed by atoms with van der Waals surface area (Å²) in [6.07, 6.45) is 0. The minimum Gasteiger partial charge on any atom is -0.492 e. The van der Waals surface area contributed by atoms with Gasteiger partial charge in [0.2, 0.25) is 0 Å². The van der Waals surface area contributed by atoms with Crippen LogP contribution in [0.2, 0.25) is 0 Å². The fourth-order valence-electron chi connectivity index (χ4n) is 2.18. The number of anilines is 1. The highest BCUT2D eigenvalue weighted by Gasteiger charge is 2.19. The van der Waals surface area contributed by atoms with Crippen molar-refractivity contribution in [1.82, 2.24) is 0 Å². The van der Waals surface area contributed by atoms with E-state index in [2.05, 4.69) is 0 Å². The molecule has 0 aromatic heterocycles. The van der Waals surface area contributed by atoms with Gasteiger partial charge < -0.3 is 14.4 Å². The van der Waals surface area contributed by atoms with E-state index in [0.717, 1.165) is 5.75 Å². The van der Waals surface area contributed by atoms with E-state index in [4.69, 9.17) is 9.47 Å². The molecule has 0 saturated heterocycles. The average Bonchev–Trinajstić information content (AvgIpc) is 2.61. The number of carbonyl (C=O) groups is 1. The monoisotopic (exact) mass is 330 g/mol. The molecule has 0 aliphatic carbocycles. The van der Waals surface area contributed by atoms with Crippen molar-refractivity contribution in [3.05, 3.63) is 64.2 Å². The third-order valence-electron chi connectivity index (χ3n) is 3.45. The molecule has 0 N–H and O–H groups in total. The van der Waals surface area contributed by atoms with Gasteiger partial charge in [0.05, 0.1) is 29.8 Å². The van der Waals surface area contributed by atoms with E-state index in [1.54, 1.807) is 11.9 Å². The number of nitro groups is 1. The molecule has 7 heteroatoms. The number of non-ortho nitro benzene ring substituents is 1. The van der Waals surface area contributed by atoms with Gasteiger partial charge in [-0.3, -0.25) is 10.1 Å². The van der Waals surface area contributed by atoms with Crippen LogP contribution >= 0.6 is 0 Å². The number of para-hydroxylation sites is 1. The number of likely N-dealkylation sites (N-methyl/N-ethyl adjacent to an activating group) is 1. The van der Waals surface area contributed by atoms with Gasteiger partial charge in [0, 0.05) is 19.2 Å². The third-order valence-corrected chi connectivity index (χ3v) is 3.45. The first kappa shape index (κ1) is 17.3. The van der Waals surface area contributed by atoms with Crippen molar-refractivity contribution in [1.29, 1.82) is 0 Å². The Morgan fingerprint density at radius 3 is 2.54 bits per heavy atom. The van der Waals surface area contributed by atoms with Crippen molar-refractivity contribution in [3.63, 3.8) is 0 Å². The molecule has 2 aromatic rings. The van der Waals surface area contributed by atoms with Crippen LogP contribution in [0.25, 0.3) is 0 Å². The smallest absolute Gasteiger partial charge is 0.340 e. The lowest BCUT2D eigenvalue weighted by atomic mass is 10.1. The van der Waals surface area contributed by atoms with Crippen LogP contribution in [0.5, 0.6) is 5.75 Å². The molecular weight excluding hydrogens is 312 g/mol. The maximum atomic E-state index is 11.9. The standard InChI is InChI=1S/C17H18N2O5/c1-18(10-11-24-14-6-4-3-5-7-14)16-9-8-13(19(21)22)12-15(16)17(20)23-2/h3-9,12H,10-11H2,1-2H3. The van der Waals surface area contributed by atoms with Crippen molar-refractivity contribution in [2.75, 3.05) is 32.2 Å². The van der Waals surface area contributed by atoms with Crippen LogP contribution in [0, 0.1) is 10.1 Å². The highest BCUT2D eigenvalue weighted by molar-refractivity contribution is 5.96. The van der Waals surface area contributed by atoms with Crippen molar-refractivity contribution in [2.45, 2.75) is 0 Å². The second-order valence-electron chi connectivity index (χ2n) is 5.03. The van der Waals surface area contributed by atoms with Gasteiger partial charge in [0.1, 0.15) is 12.4 Å². The molecule has 126 valence electrons. The summed E-state index contributed by atoms with van der Waals surface area (Å²) in [6.45, 7) is 0.898. The lowest BCUT2D eigenvalue weighted by Gasteiger charge is -2.21. The maximum absolute atomic E-state index is 11.9. The van der Waals surface area contributed by atoms with Gasteiger partial charge in [0.25, 0.3) is 5.69 Å². The molecule has 2 rings (SSSR count). The van der Waals surface area contributed by atoms with Gasteiger partial charge in [0.15, 0.2) is 0 Å². The number of rotatable bonds is 7. The quantitative estimate of drug-likeness (QED) is 0.441. The average molecular weight is 330 g/mol. The first-order valence-corrected chi connectivity index (χ1v) is 7.28. The Bertz CT molecular complexity index is 718. The molecule has 0 amide bonds. The zero-order valence-electron chi connectivity index (χ0n) is 13.5. The summed E-state index contributed by atoms with van der Waals surface area (Å²) in [5.74, 6) is 0.132. The highest BCUT2D eigenvalue weighted by atomic mass is 16.6. The van der Waals surface area contributed by atoms with E-state index < -0.39 is 10.9 Å². The normalized spacial score (nSPS) is 10.1. The topological polar surface area (TPSA) is 81.9 Å². The number of hydrogen-bond donors (Lipinski definition) is 0. The Kier molecular flexibility index (Phi) is 5.73. The van der Waals surface area contributed by atoms with Gasteiger partial charge in [-0.2, -0.15) is 0 Å². The molecule has 0 saturated carbocycles. The van der Waals surface area contributed by atoms with Crippen LogP contribution in [0.4, 0.5) is 11.4 Å². The van der Waals surface area contributed by atoms with E-state index in [-0.39, 0.29) is 11.3 Å². The molecule has 0 spiro atoms. The number of benzene rings is 2. The van der Waals surface area contributed by atoms with E-state index in [0.29, 0.717) is 18.8 Å². The largest absolute Gasteiger partial charge is 0.492 e. The van der Waals surface area contributed by atoms with E-state index in [1.807, 2.05) is 30.3 Å². The van der Waals surface area contributed by atoms with Crippen LogP contribution in [-0.2, 0) is 4.74 Å². The number of ether oxygens (including phenoxy) is 2. The lowest BCUT2D eigenvalue weighted by molar-refractivity contribution is -0.384. The van der Waals surface area contributed by atoms with Gasteiger partial charge >= 0.3 is 5.97 Å². The summed E-state index contributed by atoms with van der Waals surface area (Å²) in [6, 6.07) is 13.5. The predicted molar refractivity (Wildman–Crippen MR) is 89.6 cm³/mol. The van der Waals surface area contributed by atoms with Crippen LogP contribution < -0.4 is 9.64 Å². The molecule has 0 atom stereocenters. The van der Waals surface area contributed by atoms with Crippen LogP contribution in [0.15, 0.2) is 48.5 Å². The molecule has 0 heterocycles. The van der Waals surface area contributed by atoms with Gasteiger partial charge in [-0.15, -0.1) is 0 Å². The number of nitro benzene ring substituents is 1. The van der Waals surface area contributed by atoms with Gasteiger partial charge in [-0.05, 0) is 18.2 Å². The first-order valence-electron chi connectivity index (χ1n) is 7.28. The summed E-state index contributed by atoms with van der Waals surface area (Å²) >= 11 is 0. The molecule has 0 aliphatic heterocycles. The van der Waals surface area contributed by atoms with Crippen LogP contribution in [0.3, 0.4) is 0 Å². The predicted octanol–water partition coefficient (Wildman–Crippen LogP) is 2.90. The Morgan fingerprint density at radius 2 is 1.92 bits per heavy atom. The zero-order chi connectivity index (χ0) is 17.5.